The fourth-order valence-electron chi connectivity index (χ4n) is 0.414. The second-order valence-corrected chi connectivity index (χ2v) is 2.89. The topological polar surface area (TPSA) is 84.6 Å². The first-order chi connectivity index (χ1) is 6.58. The molecule has 0 radical (unpaired) electrons. The van der Waals surface area contributed by atoms with E-state index in [1.54, 1.807) is 13.8 Å². The summed E-state index contributed by atoms with van der Waals surface area (Å²) in [5.74, 6) is 0. The van der Waals surface area contributed by atoms with Crippen molar-refractivity contribution in [2.75, 3.05) is 19.7 Å². The van der Waals surface area contributed by atoms with E-state index >= 15 is 0 Å². The van der Waals surface area contributed by atoms with Crippen molar-refractivity contribution in [2.24, 2.45) is 5.73 Å². The molecule has 4 N–H and O–H groups in total. The maximum atomic E-state index is 10.6. The molecule has 1 amide bonds. The maximum absolute atomic E-state index is 10.6. The van der Waals surface area contributed by atoms with Crippen molar-refractivity contribution in [1.82, 2.24) is 5.32 Å². The molecular weight excluding hydrogens is 184 g/mol. The van der Waals surface area contributed by atoms with Gasteiger partial charge in [-0.25, -0.2) is 4.79 Å². The predicted octanol–water partition coefficient (Wildman–Crippen LogP) is 0.468. The van der Waals surface area contributed by atoms with E-state index in [2.05, 4.69) is 12.2 Å². The molecule has 0 unspecified atom stereocenters. The van der Waals surface area contributed by atoms with Crippen LogP contribution in [0.15, 0.2) is 0 Å². The van der Waals surface area contributed by atoms with Crippen LogP contribution in [-0.4, -0.2) is 37.0 Å². The number of nitrogens with one attached hydrogen (secondary N) is 1. The van der Waals surface area contributed by atoms with Gasteiger partial charge in [-0.05, 0) is 26.8 Å². The lowest BCUT2D eigenvalue weighted by Crippen LogP contribution is -2.29. The van der Waals surface area contributed by atoms with Crippen LogP contribution in [0.1, 0.15) is 27.2 Å². The van der Waals surface area contributed by atoms with E-state index in [9.17, 15) is 4.79 Å². The molecule has 0 heterocycles. The fourth-order valence-corrected chi connectivity index (χ4v) is 0.414. The Labute approximate surface area is 85.6 Å². The minimum absolute atomic E-state index is 0.0623. The molecule has 0 rings (SSSR count). The molecule has 0 aromatic heterocycles. The van der Waals surface area contributed by atoms with Crippen LogP contribution in [0.4, 0.5) is 4.79 Å². The number of amides is 1. The monoisotopic (exact) mass is 206 g/mol. The highest BCUT2D eigenvalue weighted by molar-refractivity contribution is 5.67. The molecule has 0 spiro atoms. The quantitative estimate of drug-likeness (QED) is 0.624. The molecule has 86 valence electrons. The third-order valence-electron chi connectivity index (χ3n) is 1.01. The van der Waals surface area contributed by atoms with E-state index in [0.717, 1.165) is 13.0 Å². The standard InChI is InChI=1S/C6H13NO3.C3H9N/c1-5(2)10-6(9)7-3-4-8;1-2-3-4/h5,8H,3-4H2,1-2H3,(H,7,9);2-4H2,1H3. The van der Waals surface area contributed by atoms with E-state index in [-0.39, 0.29) is 19.3 Å². The summed E-state index contributed by atoms with van der Waals surface area (Å²) < 4.78 is 4.69. The molecule has 5 nitrogen and oxygen atoms in total. The van der Waals surface area contributed by atoms with Crippen molar-refractivity contribution < 1.29 is 14.6 Å². The number of aliphatic hydroxyl groups is 1. The number of carbonyl (C=O) groups excluding carboxylic acids is 1. The Kier molecular flexibility index (Phi) is 13.6. The van der Waals surface area contributed by atoms with Crippen LogP contribution in [0.25, 0.3) is 0 Å². The highest BCUT2D eigenvalue weighted by Crippen LogP contribution is 1.86. The second-order valence-electron chi connectivity index (χ2n) is 2.89. The molecule has 0 aromatic carbocycles. The summed E-state index contributed by atoms with van der Waals surface area (Å²) in [6, 6.07) is 0. The zero-order valence-electron chi connectivity index (χ0n) is 9.25. The average Bonchev–Trinajstić information content (AvgIpc) is 2.14. The van der Waals surface area contributed by atoms with E-state index in [1.807, 2.05) is 0 Å². The number of rotatable bonds is 4. The van der Waals surface area contributed by atoms with Crippen LogP contribution in [0, 0.1) is 0 Å². The van der Waals surface area contributed by atoms with Crippen LogP contribution in [0.5, 0.6) is 0 Å². The van der Waals surface area contributed by atoms with Crippen molar-refractivity contribution in [3.05, 3.63) is 0 Å². The van der Waals surface area contributed by atoms with Crippen molar-refractivity contribution in [1.29, 1.82) is 0 Å². The van der Waals surface area contributed by atoms with Crippen molar-refractivity contribution >= 4 is 6.09 Å². The second kappa shape index (κ2) is 12.2. The number of aliphatic hydroxyl groups excluding tert-OH is 1. The lowest BCUT2D eigenvalue weighted by molar-refractivity contribution is 0.113. The molecule has 0 bridgehead atoms. The molecule has 5 heteroatoms. The van der Waals surface area contributed by atoms with Gasteiger partial charge in [-0.15, -0.1) is 0 Å². The first kappa shape index (κ1) is 15.7. The summed E-state index contributed by atoms with van der Waals surface area (Å²) in [5, 5.41) is 10.6. The van der Waals surface area contributed by atoms with Crippen LogP contribution in [0.3, 0.4) is 0 Å². The molecule has 0 saturated carbocycles. The van der Waals surface area contributed by atoms with Gasteiger partial charge in [-0.2, -0.15) is 0 Å². The first-order valence-corrected chi connectivity index (χ1v) is 4.83. The van der Waals surface area contributed by atoms with Crippen LogP contribution in [0.2, 0.25) is 0 Å². The van der Waals surface area contributed by atoms with Gasteiger partial charge >= 0.3 is 6.09 Å². The van der Waals surface area contributed by atoms with Crippen molar-refractivity contribution in [3.63, 3.8) is 0 Å². The Morgan fingerprint density at radius 3 is 2.36 bits per heavy atom. The highest BCUT2D eigenvalue weighted by atomic mass is 16.6. The van der Waals surface area contributed by atoms with E-state index in [1.165, 1.54) is 0 Å². The summed E-state index contributed by atoms with van der Waals surface area (Å²) in [4.78, 5) is 10.6. The van der Waals surface area contributed by atoms with Crippen LogP contribution < -0.4 is 11.1 Å². The van der Waals surface area contributed by atoms with Gasteiger partial charge in [-0.1, -0.05) is 6.92 Å². The molecule has 0 atom stereocenters. The molecule has 0 fully saturated rings. The lowest BCUT2D eigenvalue weighted by Gasteiger charge is -2.07. The number of hydrogen-bond acceptors (Lipinski definition) is 4. The summed E-state index contributed by atoms with van der Waals surface area (Å²) in [6.07, 6.45) is 0.503. The number of hydrogen-bond donors (Lipinski definition) is 3. The van der Waals surface area contributed by atoms with Gasteiger partial charge in [-0.3, -0.25) is 0 Å². The molecular formula is C9H22N2O3. The van der Waals surface area contributed by atoms with E-state index < -0.39 is 6.09 Å². The average molecular weight is 206 g/mol. The zero-order chi connectivity index (χ0) is 11.4. The molecule has 0 aliphatic carbocycles. The predicted molar refractivity (Wildman–Crippen MR) is 56.1 cm³/mol. The maximum Gasteiger partial charge on any atom is 0.407 e. The molecule has 0 aliphatic rings. The van der Waals surface area contributed by atoms with Crippen molar-refractivity contribution in [2.45, 2.75) is 33.3 Å². The zero-order valence-corrected chi connectivity index (χ0v) is 9.25. The van der Waals surface area contributed by atoms with Gasteiger partial charge in [0.25, 0.3) is 0 Å². The number of ether oxygens (including phenoxy) is 1. The van der Waals surface area contributed by atoms with E-state index in [4.69, 9.17) is 15.6 Å². The van der Waals surface area contributed by atoms with Gasteiger partial charge in [0.2, 0.25) is 0 Å². The highest BCUT2D eigenvalue weighted by Gasteiger charge is 2.01. The van der Waals surface area contributed by atoms with Gasteiger partial charge < -0.3 is 20.9 Å². The number of alkyl carbamates (subject to hydrolysis) is 1. The Hall–Kier alpha value is -0.810. The largest absolute Gasteiger partial charge is 0.447 e. The summed E-state index contributed by atoms with van der Waals surface area (Å²) in [6.45, 7) is 6.58. The number of carbonyl (C=O) groups is 1. The summed E-state index contributed by atoms with van der Waals surface area (Å²) in [5.41, 5.74) is 5.03. The SMILES string of the molecule is CC(C)OC(=O)NCCO.CCCN. The Morgan fingerprint density at radius 1 is 1.57 bits per heavy atom. The van der Waals surface area contributed by atoms with Gasteiger partial charge in [0.15, 0.2) is 0 Å². The summed E-state index contributed by atoms with van der Waals surface area (Å²) >= 11 is 0. The lowest BCUT2D eigenvalue weighted by atomic mass is 10.5. The van der Waals surface area contributed by atoms with Crippen molar-refractivity contribution in [3.8, 4) is 0 Å². The summed E-state index contributed by atoms with van der Waals surface area (Å²) in [7, 11) is 0. The van der Waals surface area contributed by atoms with E-state index in [0.29, 0.717) is 0 Å². The minimum atomic E-state index is -0.482. The third-order valence-corrected chi connectivity index (χ3v) is 1.01. The molecule has 0 aliphatic heterocycles. The van der Waals surface area contributed by atoms with Gasteiger partial charge in [0, 0.05) is 6.54 Å². The minimum Gasteiger partial charge on any atom is -0.447 e. The Morgan fingerprint density at radius 2 is 2.07 bits per heavy atom. The third kappa shape index (κ3) is 17.3. The number of nitrogens with two attached hydrogens (primary N) is 1. The van der Waals surface area contributed by atoms with Gasteiger partial charge in [0.05, 0.1) is 12.7 Å². The smallest absolute Gasteiger partial charge is 0.407 e. The molecule has 0 aromatic rings. The Balaban J connectivity index is 0. The normalized spacial score (nSPS) is 9.00. The van der Waals surface area contributed by atoms with Crippen LogP contribution in [-0.2, 0) is 4.74 Å². The first-order valence-electron chi connectivity index (χ1n) is 4.83. The van der Waals surface area contributed by atoms with Crippen LogP contribution >= 0.6 is 0 Å². The fraction of sp³-hybridized carbons (Fsp3) is 0.889. The molecule has 0 saturated heterocycles. The molecule has 14 heavy (non-hydrogen) atoms. The Bertz CT molecular complexity index is 127. The van der Waals surface area contributed by atoms with Gasteiger partial charge in [0.1, 0.15) is 0 Å².